The molecule has 0 bridgehead atoms. The lowest BCUT2D eigenvalue weighted by molar-refractivity contribution is 0.0319. The molecule has 1 fully saturated rings. The lowest BCUT2D eigenvalue weighted by atomic mass is 9.77. The highest BCUT2D eigenvalue weighted by Crippen LogP contribution is 2.49. The lowest BCUT2D eigenvalue weighted by Crippen LogP contribution is -2.27. The van der Waals surface area contributed by atoms with Gasteiger partial charge in [-0.2, -0.15) is 0 Å². The molecule has 0 amide bonds. The van der Waals surface area contributed by atoms with Crippen LogP contribution in [0.2, 0.25) is 0 Å². The van der Waals surface area contributed by atoms with E-state index in [4.69, 9.17) is 4.74 Å². The summed E-state index contributed by atoms with van der Waals surface area (Å²) in [6, 6.07) is 21.2. The summed E-state index contributed by atoms with van der Waals surface area (Å²) in [4.78, 5) is 0. The van der Waals surface area contributed by atoms with Crippen molar-refractivity contribution in [2.24, 2.45) is 5.41 Å². The molecular formula is C18H20O. The molecule has 1 heterocycles. The third-order valence-corrected chi connectivity index (χ3v) is 3.92. The maximum absolute atomic E-state index is 6.33. The van der Waals surface area contributed by atoms with Crippen LogP contribution in [0.15, 0.2) is 60.7 Å². The van der Waals surface area contributed by atoms with Crippen LogP contribution in [0.1, 0.15) is 31.4 Å². The van der Waals surface area contributed by atoms with Crippen LogP contribution in [-0.2, 0) is 10.3 Å². The number of rotatable bonds is 2. The Balaban J connectivity index is 2.13. The number of benzene rings is 2. The average molecular weight is 252 g/mol. The Labute approximate surface area is 115 Å². The first-order chi connectivity index (χ1) is 9.12. The fourth-order valence-electron chi connectivity index (χ4n) is 3.05. The molecule has 2 aromatic rings. The lowest BCUT2D eigenvalue weighted by Gasteiger charge is -2.30. The van der Waals surface area contributed by atoms with E-state index in [9.17, 15) is 0 Å². The highest BCUT2D eigenvalue weighted by atomic mass is 16.5. The Bertz CT molecular complexity index is 503. The average Bonchev–Trinajstić information content (AvgIpc) is 2.78. The maximum atomic E-state index is 6.33. The first-order valence-corrected chi connectivity index (χ1v) is 6.87. The Morgan fingerprint density at radius 2 is 1.26 bits per heavy atom. The Hall–Kier alpha value is -1.60. The van der Waals surface area contributed by atoms with E-state index < -0.39 is 0 Å². The van der Waals surface area contributed by atoms with Crippen molar-refractivity contribution in [1.29, 1.82) is 0 Å². The summed E-state index contributed by atoms with van der Waals surface area (Å²) >= 11 is 0. The molecule has 1 heteroatoms. The van der Waals surface area contributed by atoms with Crippen molar-refractivity contribution in [2.75, 3.05) is 6.61 Å². The second-order valence-corrected chi connectivity index (χ2v) is 6.19. The van der Waals surface area contributed by atoms with Gasteiger partial charge in [-0.3, -0.25) is 0 Å². The zero-order valence-electron chi connectivity index (χ0n) is 11.6. The zero-order valence-corrected chi connectivity index (χ0v) is 11.6. The second-order valence-electron chi connectivity index (χ2n) is 6.19. The predicted molar refractivity (Wildman–Crippen MR) is 78.0 cm³/mol. The van der Waals surface area contributed by atoms with Crippen LogP contribution in [0.4, 0.5) is 0 Å². The molecular weight excluding hydrogens is 232 g/mol. The monoisotopic (exact) mass is 252 g/mol. The molecule has 0 radical (unpaired) electrons. The van der Waals surface area contributed by atoms with E-state index in [1.807, 2.05) is 0 Å². The van der Waals surface area contributed by atoms with Gasteiger partial charge in [0.1, 0.15) is 5.60 Å². The Morgan fingerprint density at radius 3 is 1.63 bits per heavy atom. The van der Waals surface area contributed by atoms with E-state index in [1.165, 1.54) is 11.1 Å². The van der Waals surface area contributed by atoms with E-state index in [0.29, 0.717) is 0 Å². The summed E-state index contributed by atoms with van der Waals surface area (Å²) in [5, 5.41) is 0. The molecule has 1 nitrogen and oxygen atoms in total. The Kier molecular flexibility index (Phi) is 2.94. The number of hydrogen-bond acceptors (Lipinski definition) is 1. The molecule has 0 aliphatic carbocycles. The van der Waals surface area contributed by atoms with Crippen LogP contribution in [0.3, 0.4) is 0 Å². The number of hydrogen-bond donors (Lipinski definition) is 0. The van der Waals surface area contributed by atoms with Gasteiger partial charge in [0.2, 0.25) is 0 Å². The molecule has 0 aromatic heterocycles. The molecule has 98 valence electrons. The molecule has 1 aliphatic rings. The van der Waals surface area contributed by atoms with Gasteiger partial charge in [0, 0.05) is 0 Å². The third kappa shape index (κ3) is 2.19. The SMILES string of the molecule is CC1(C)COC(c2ccccc2)(c2ccccc2)C1. The van der Waals surface area contributed by atoms with Crippen LogP contribution in [0.25, 0.3) is 0 Å². The molecule has 1 saturated heterocycles. The van der Waals surface area contributed by atoms with Crippen LogP contribution in [0.5, 0.6) is 0 Å². The molecule has 0 spiro atoms. The van der Waals surface area contributed by atoms with Gasteiger partial charge < -0.3 is 4.74 Å². The van der Waals surface area contributed by atoms with Gasteiger partial charge in [-0.1, -0.05) is 74.5 Å². The van der Waals surface area contributed by atoms with Crippen LogP contribution >= 0.6 is 0 Å². The van der Waals surface area contributed by atoms with Gasteiger partial charge in [0.15, 0.2) is 0 Å². The molecule has 3 rings (SSSR count). The van der Waals surface area contributed by atoms with Crippen LogP contribution in [0, 0.1) is 5.41 Å². The minimum absolute atomic E-state index is 0.214. The molecule has 19 heavy (non-hydrogen) atoms. The highest BCUT2D eigenvalue weighted by molar-refractivity contribution is 5.37. The van der Waals surface area contributed by atoms with Gasteiger partial charge >= 0.3 is 0 Å². The van der Waals surface area contributed by atoms with E-state index in [-0.39, 0.29) is 11.0 Å². The quantitative estimate of drug-likeness (QED) is 0.771. The van der Waals surface area contributed by atoms with E-state index in [1.54, 1.807) is 0 Å². The van der Waals surface area contributed by atoms with Gasteiger partial charge in [0.25, 0.3) is 0 Å². The van der Waals surface area contributed by atoms with Crippen LogP contribution in [-0.4, -0.2) is 6.61 Å². The van der Waals surface area contributed by atoms with Crippen molar-refractivity contribution in [1.82, 2.24) is 0 Å². The van der Waals surface area contributed by atoms with Crippen molar-refractivity contribution < 1.29 is 4.74 Å². The largest absolute Gasteiger partial charge is 0.365 e. The number of ether oxygens (including phenoxy) is 1. The summed E-state index contributed by atoms with van der Waals surface area (Å²) < 4.78 is 6.33. The standard InChI is InChI=1S/C18H20O/c1-17(2)13-18(19-14-17,15-9-5-3-6-10-15)16-11-7-4-8-12-16/h3-12H,13-14H2,1-2H3. The third-order valence-electron chi connectivity index (χ3n) is 3.92. The topological polar surface area (TPSA) is 9.23 Å². The van der Waals surface area contributed by atoms with E-state index >= 15 is 0 Å². The summed E-state index contributed by atoms with van der Waals surface area (Å²) in [5.74, 6) is 0. The van der Waals surface area contributed by atoms with Gasteiger partial charge in [-0.25, -0.2) is 0 Å². The summed E-state index contributed by atoms with van der Waals surface area (Å²) in [7, 11) is 0. The van der Waals surface area contributed by atoms with Crippen molar-refractivity contribution in [3.05, 3.63) is 71.8 Å². The molecule has 1 aliphatic heterocycles. The Morgan fingerprint density at radius 1 is 0.789 bits per heavy atom. The predicted octanol–water partition coefficient (Wildman–Crippen LogP) is 4.38. The minimum Gasteiger partial charge on any atom is -0.365 e. The normalized spacial score (nSPS) is 20.3. The summed E-state index contributed by atoms with van der Waals surface area (Å²) in [5.41, 5.74) is 2.44. The van der Waals surface area contributed by atoms with Gasteiger partial charge in [-0.05, 0) is 23.0 Å². The van der Waals surface area contributed by atoms with Gasteiger partial charge in [-0.15, -0.1) is 0 Å². The first-order valence-electron chi connectivity index (χ1n) is 6.87. The smallest absolute Gasteiger partial charge is 0.119 e. The van der Waals surface area contributed by atoms with E-state index in [2.05, 4.69) is 74.5 Å². The maximum Gasteiger partial charge on any atom is 0.119 e. The minimum atomic E-state index is -0.286. The van der Waals surface area contributed by atoms with Crippen molar-refractivity contribution >= 4 is 0 Å². The molecule has 0 N–H and O–H groups in total. The molecule has 2 aromatic carbocycles. The first kappa shape index (κ1) is 12.4. The summed E-state index contributed by atoms with van der Waals surface area (Å²) in [6.07, 6.45) is 1.02. The van der Waals surface area contributed by atoms with Gasteiger partial charge in [0.05, 0.1) is 6.61 Å². The fourth-order valence-corrected chi connectivity index (χ4v) is 3.05. The van der Waals surface area contributed by atoms with E-state index in [0.717, 1.165) is 13.0 Å². The van der Waals surface area contributed by atoms with Crippen LogP contribution < -0.4 is 0 Å². The molecule has 0 unspecified atom stereocenters. The highest BCUT2D eigenvalue weighted by Gasteiger charge is 2.46. The van der Waals surface area contributed by atoms with Crippen molar-refractivity contribution in [3.8, 4) is 0 Å². The fraction of sp³-hybridized carbons (Fsp3) is 0.333. The van der Waals surface area contributed by atoms with Crippen molar-refractivity contribution in [3.63, 3.8) is 0 Å². The molecule has 0 atom stereocenters. The second kappa shape index (κ2) is 4.50. The molecule has 0 saturated carbocycles. The zero-order chi connectivity index (χ0) is 13.3. The summed E-state index contributed by atoms with van der Waals surface area (Å²) in [6.45, 7) is 5.36. The van der Waals surface area contributed by atoms with Crippen molar-refractivity contribution in [2.45, 2.75) is 25.9 Å².